The van der Waals surface area contributed by atoms with Crippen molar-refractivity contribution in [1.29, 1.82) is 0 Å². The fraction of sp³-hybridized carbons (Fsp3) is 0.250. The average molecular weight is 542 g/mol. The normalized spacial score (nSPS) is 20.3. The first-order valence-electron chi connectivity index (χ1n) is 13.1. The third kappa shape index (κ3) is 7.52. The van der Waals surface area contributed by atoms with E-state index in [1.165, 1.54) is 12.1 Å². The smallest absolute Gasteiger partial charge is 0.269 e. The van der Waals surface area contributed by atoms with E-state index < -0.39 is 29.5 Å². The fourth-order valence-electron chi connectivity index (χ4n) is 4.48. The van der Waals surface area contributed by atoms with Gasteiger partial charge in [0.2, 0.25) is 6.29 Å². The van der Waals surface area contributed by atoms with Crippen LogP contribution in [0, 0.1) is 10.1 Å². The summed E-state index contributed by atoms with van der Waals surface area (Å²) in [5, 5.41) is 11.1. The third-order valence-corrected chi connectivity index (χ3v) is 6.53. The molecule has 1 aliphatic heterocycles. The molecule has 0 spiro atoms. The van der Waals surface area contributed by atoms with Gasteiger partial charge in [-0.25, -0.2) is 0 Å². The molecule has 0 unspecified atom stereocenters. The molecule has 4 atom stereocenters. The van der Waals surface area contributed by atoms with Crippen molar-refractivity contribution in [1.82, 2.24) is 0 Å². The van der Waals surface area contributed by atoms with E-state index in [4.69, 9.17) is 23.7 Å². The Hall–Kier alpha value is -4.08. The summed E-state index contributed by atoms with van der Waals surface area (Å²) < 4.78 is 31.4. The summed E-state index contributed by atoms with van der Waals surface area (Å²) in [6.07, 6.45) is -2.39. The molecule has 8 heteroatoms. The molecule has 1 fully saturated rings. The van der Waals surface area contributed by atoms with E-state index in [9.17, 15) is 10.1 Å². The van der Waals surface area contributed by atoms with Crippen LogP contribution in [0.5, 0.6) is 5.75 Å². The molecule has 206 valence electrons. The largest absolute Gasteiger partial charge is 0.462 e. The maximum Gasteiger partial charge on any atom is 0.269 e. The zero-order valence-electron chi connectivity index (χ0n) is 21.9. The number of non-ortho nitro benzene ring substituents is 1. The van der Waals surface area contributed by atoms with Crippen LogP contribution in [0.15, 0.2) is 115 Å². The van der Waals surface area contributed by atoms with E-state index in [1.54, 1.807) is 12.1 Å². The highest BCUT2D eigenvalue weighted by Crippen LogP contribution is 2.31. The van der Waals surface area contributed by atoms with E-state index in [-0.39, 0.29) is 12.3 Å². The lowest BCUT2D eigenvalue weighted by Gasteiger charge is -2.25. The second-order valence-corrected chi connectivity index (χ2v) is 9.43. The van der Waals surface area contributed by atoms with Crippen molar-refractivity contribution < 1.29 is 28.6 Å². The molecule has 4 aromatic rings. The van der Waals surface area contributed by atoms with Gasteiger partial charge in [0.05, 0.1) is 31.4 Å². The zero-order chi connectivity index (χ0) is 27.6. The summed E-state index contributed by atoms with van der Waals surface area (Å²) in [6.45, 7) is 1.38. The van der Waals surface area contributed by atoms with Crippen molar-refractivity contribution >= 4 is 5.69 Å². The number of rotatable bonds is 13. The molecule has 0 amide bonds. The lowest BCUT2D eigenvalue weighted by atomic mass is 10.1. The van der Waals surface area contributed by atoms with Crippen LogP contribution >= 0.6 is 0 Å². The molecule has 0 aromatic heterocycles. The van der Waals surface area contributed by atoms with Gasteiger partial charge in [0.25, 0.3) is 5.69 Å². The van der Waals surface area contributed by atoms with Gasteiger partial charge in [-0.2, -0.15) is 0 Å². The number of hydrogen-bond acceptors (Lipinski definition) is 7. The summed E-state index contributed by atoms with van der Waals surface area (Å²) in [5.41, 5.74) is 3.06. The molecule has 1 aliphatic rings. The summed E-state index contributed by atoms with van der Waals surface area (Å²) >= 11 is 0. The van der Waals surface area contributed by atoms with Crippen molar-refractivity contribution in [3.05, 3.63) is 142 Å². The van der Waals surface area contributed by atoms with Gasteiger partial charge in [-0.1, -0.05) is 91.0 Å². The Morgan fingerprint density at radius 3 is 1.68 bits per heavy atom. The maximum atomic E-state index is 11.1. The summed E-state index contributed by atoms with van der Waals surface area (Å²) in [7, 11) is 0. The molecule has 0 aliphatic carbocycles. The van der Waals surface area contributed by atoms with Crippen molar-refractivity contribution in [3.8, 4) is 5.75 Å². The molecule has 0 saturated carbocycles. The van der Waals surface area contributed by atoms with Gasteiger partial charge in [-0.05, 0) is 28.8 Å². The minimum Gasteiger partial charge on any atom is -0.462 e. The van der Waals surface area contributed by atoms with E-state index in [2.05, 4.69) is 0 Å². The average Bonchev–Trinajstić information content (AvgIpc) is 3.32. The van der Waals surface area contributed by atoms with Crippen molar-refractivity contribution in [2.75, 3.05) is 6.61 Å². The molecule has 1 heterocycles. The first-order chi connectivity index (χ1) is 19.7. The lowest BCUT2D eigenvalue weighted by Crippen LogP contribution is -2.40. The quantitative estimate of drug-likeness (QED) is 0.150. The second kappa shape index (κ2) is 13.8. The minimum absolute atomic E-state index is 0.0205. The van der Waals surface area contributed by atoms with Crippen LogP contribution in [-0.2, 0) is 38.8 Å². The predicted octanol–water partition coefficient (Wildman–Crippen LogP) is 6.09. The van der Waals surface area contributed by atoms with Crippen LogP contribution in [0.3, 0.4) is 0 Å². The number of hydrogen-bond donors (Lipinski definition) is 0. The Balaban J connectivity index is 1.35. The zero-order valence-corrected chi connectivity index (χ0v) is 21.9. The molecular weight excluding hydrogens is 510 g/mol. The molecule has 40 heavy (non-hydrogen) atoms. The molecular formula is C32H31NO7. The van der Waals surface area contributed by atoms with E-state index in [0.717, 1.165) is 16.7 Å². The molecule has 8 nitrogen and oxygen atoms in total. The minimum atomic E-state index is -0.823. The van der Waals surface area contributed by atoms with Gasteiger partial charge in [0.1, 0.15) is 24.1 Å². The van der Waals surface area contributed by atoms with Gasteiger partial charge >= 0.3 is 0 Å². The standard InChI is InChI=1S/C32H31NO7/c34-33(35)27-16-18-28(19-17-27)39-32-31(38-22-26-14-8-3-9-15-26)30(37-21-25-12-6-2-7-13-25)29(40-32)23-36-20-24-10-4-1-5-11-24/h1-19,29-32H,20-23H2/t29-,30-,31+,32-/m1/s1. The second-order valence-electron chi connectivity index (χ2n) is 9.43. The van der Waals surface area contributed by atoms with Gasteiger partial charge in [0, 0.05) is 12.1 Å². The summed E-state index contributed by atoms with van der Waals surface area (Å²) in [6, 6.07) is 35.5. The number of ether oxygens (including phenoxy) is 5. The van der Waals surface area contributed by atoms with E-state index in [0.29, 0.717) is 25.6 Å². The van der Waals surface area contributed by atoms with Crippen molar-refractivity contribution in [3.63, 3.8) is 0 Å². The van der Waals surface area contributed by atoms with E-state index >= 15 is 0 Å². The highest BCUT2D eigenvalue weighted by atomic mass is 16.7. The highest BCUT2D eigenvalue weighted by Gasteiger charge is 2.48. The third-order valence-electron chi connectivity index (χ3n) is 6.53. The Kier molecular flexibility index (Phi) is 9.50. The molecule has 1 saturated heterocycles. The van der Waals surface area contributed by atoms with Crippen molar-refractivity contribution in [2.24, 2.45) is 0 Å². The molecule has 0 bridgehead atoms. The highest BCUT2D eigenvalue weighted by molar-refractivity contribution is 5.36. The lowest BCUT2D eigenvalue weighted by molar-refractivity contribution is -0.384. The number of nitro benzene ring substituents is 1. The van der Waals surface area contributed by atoms with Gasteiger partial charge in [-0.3, -0.25) is 10.1 Å². The number of nitrogens with zero attached hydrogens (tertiary/aromatic N) is 1. The van der Waals surface area contributed by atoms with Crippen LogP contribution in [0.4, 0.5) is 5.69 Å². The Labute approximate surface area is 233 Å². The van der Waals surface area contributed by atoms with Crippen LogP contribution in [0.25, 0.3) is 0 Å². The topological polar surface area (TPSA) is 89.3 Å². The first-order valence-corrected chi connectivity index (χ1v) is 13.1. The molecule has 0 N–H and O–H groups in total. The number of nitro groups is 1. The molecule has 4 aromatic carbocycles. The van der Waals surface area contributed by atoms with Gasteiger partial charge < -0.3 is 23.7 Å². The monoisotopic (exact) mass is 541 g/mol. The fourth-order valence-corrected chi connectivity index (χ4v) is 4.48. The summed E-state index contributed by atoms with van der Waals surface area (Å²) in [5.74, 6) is 0.427. The van der Waals surface area contributed by atoms with E-state index in [1.807, 2.05) is 91.0 Å². The van der Waals surface area contributed by atoms with Crippen LogP contribution < -0.4 is 4.74 Å². The van der Waals surface area contributed by atoms with Crippen LogP contribution in [-0.4, -0.2) is 36.1 Å². The van der Waals surface area contributed by atoms with Gasteiger partial charge in [-0.15, -0.1) is 0 Å². The predicted molar refractivity (Wildman–Crippen MR) is 149 cm³/mol. The molecule has 0 radical (unpaired) electrons. The molecule has 5 rings (SSSR count). The Morgan fingerprint density at radius 2 is 1.15 bits per heavy atom. The van der Waals surface area contributed by atoms with Crippen molar-refractivity contribution in [2.45, 2.75) is 44.4 Å². The first kappa shape index (κ1) is 27.5. The maximum absolute atomic E-state index is 11.1. The Bertz CT molecular complexity index is 1320. The van der Waals surface area contributed by atoms with Gasteiger partial charge in [0.15, 0.2) is 0 Å². The van der Waals surface area contributed by atoms with Crippen LogP contribution in [0.2, 0.25) is 0 Å². The SMILES string of the molecule is O=[N+]([O-])c1ccc(O[C@@H]2O[C@H](COCc3ccccc3)[C@@H](OCc3ccccc3)[C@@H]2OCc2ccccc2)cc1. The van der Waals surface area contributed by atoms with Crippen LogP contribution in [0.1, 0.15) is 16.7 Å². The number of benzene rings is 4. The Morgan fingerprint density at radius 1 is 0.650 bits per heavy atom. The summed E-state index contributed by atoms with van der Waals surface area (Å²) in [4.78, 5) is 10.6.